The number of halogens is 2. The molecule has 0 saturated carbocycles. The standard InChI is InChI=1S/C14H13BrFNO3S/c1-2-20-13-9-10(16)7-8-12(13)17-21(18,19)14-6-4-3-5-11(14)15/h3-9,17H,2H2,1H3. The lowest BCUT2D eigenvalue weighted by Gasteiger charge is -2.13. The van der Waals surface area contributed by atoms with Crippen molar-refractivity contribution in [2.75, 3.05) is 11.3 Å². The highest BCUT2D eigenvalue weighted by Gasteiger charge is 2.19. The molecule has 0 fully saturated rings. The smallest absolute Gasteiger partial charge is 0.263 e. The molecule has 0 aliphatic carbocycles. The second-order valence-electron chi connectivity index (χ2n) is 4.11. The summed E-state index contributed by atoms with van der Waals surface area (Å²) in [5.41, 5.74) is 0.189. The van der Waals surface area contributed by atoms with Gasteiger partial charge >= 0.3 is 0 Å². The molecule has 0 spiro atoms. The first-order valence-corrected chi connectivity index (χ1v) is 8.41. The summed E-state index contributed by atoms with van der Waals surface area (Å²) in [6.45, 7) is 2.03. The molecule has 0 amide bonds. The zero-order valence-electron chi connectivity index (χ0n) is 11.1. The van der Waals surface area contributed by atoms with E-state index >= 15 is 0 Å². The van der Waals surface area contributed by atoms with Gasteiger partial charge in [0.25, 0.3) is 10.0 Å². The molecule has 0 unspecified atom stereocenters. The van der Waals surface area contributed by atoms with E-state index in [0.29, 0.717) is 11.1 Å². The van der Waals surface area contributed by atoms with Crippen molar-refractivity contribution in [3.63, 3.8) is 0 Å². The van der Waals surface area contributed by atoms with Gasteiger partial charge in [-0.1, -0.05) is 12.1 Å². The molecule has 2 rings (SSSR count). The molecule has 0 aromatic heterocycles. The highest BCUT2D eigenvalue weighted by Crippen LogP contribution is 2.29. The lowest BCUT2D eigenvalue weighted by molar-refractivity contribution is 0.340. The summed E-state index contributed by atoms with van der Waals surface area (Å²) < 4.78 is 46.1. The number of ether oxygens (including phenoxy) is 1. The van der Waals surface area contributed by atoms with Gasteiger partial charge < -0.3 is 4.74 Å². The predicted octanol–water partition coefficient (Wildman–Crippen LogP) is 3.79. The molecule has 0 heterocycles. The Bertz CT molecular complexity index is 750. The van der Waals surface area contributed by atoms with Gasteiger partial charge in [0.15, 0.2) is 0 Å². The minimum Gasteiger partial charge on any atom is -0.492 e. The summed E-state index contributed by atoms with van der Waals surface area (Å²) in [6.07, 6.45) is 0. The van der Waals surface area contributed by atoms with E-state index in [4.69, 9.17) is 4.74 Å². The average molecular weight is 374 g/mol. The fourth-order valence-electron chi connectivity index (χ4n) is 1.72. The third kappa shape index (κ3) is 3.74. The van der Waals surface area contributed by atoms with Gasteiger partial charge in [0.05, 0.1) is 12.3 Å². The van der Waals surface area contributed by atoms with Gasteiger partial charge in [-0.05, 0) is 47.1 Å². The van der Waals surface area contributed by atoms with E-state index in [9.17, 15) is 12.8 Å². The van der Waals surface area contributed by atoms with E-state index < -0.39 is 15.8 Å². The molecule has 0 aliphatic heterocycles. The van der Waals surface area contributed by atoms with Gasteiger partial charge in [-0.3, -0.25) is 4.72 Å². The Kier molecular flexibility index (Phi) is 4.84. The summed E-state index contributed by atoms with van der Waals surface area (Å²) >= 11 is 3.20. The highest BCUT2D eigenvalue weighted by atomic mass is 79.9. The fourth-order valence-corrected chi connectivity index (χ4v) is 3.79. The van der Waals surface area contributed by atoms with Crippen molar-refractivity contribution in [1.29, 1.82) is 0 Å². The molecule has 2 aromatic carbocycles. The molecule has 4 nitrogen and oxygen atoms in total. The van der Waals surface area contributed by atoms with Crippen molar-refractivity contribution in [2.24, 2.45) is 0 Å². The molecule has 112 valence electrons. The Morgan fingerprint density at radius 2 is 1.95 bits per heavy atom. The minimum absolute atomic E-state index is 0.0942. The van der Waals surface area contributed by atoms with Crippen LogP contribution in [0.2, 0.25) is 0 Å². The number of hydrogen-bond donors (Lipinski definition) is 1. The zero-order valence-corrected chi connectivity index (χ0v) is 13.5. The Morgan fingerprint density at radius 1 is 1.24 bits per heavy atom. The van der Waals surface area contributed by atoms with Crippen LogP contribution in [0, 0.1) is 5.82 Å². The lowest BCUT2D eigenvalue weighted by Crippen LogP contribution is -2.14. The Balaban J connectivity index is 2.40. The van der Waals surface area contributed by atoms with Crippen LogP contribution in [0.4, 0.5) is 10.1 Å². The largest absolute Gasteiger partial charge is 0.492 e. The molecule has 7 heteroatoms. The monoisotopic (exact) mass is 373 g/mol. The molecule has 0 radical (unpaired) electrons. The van der Waals surface area contributed by atoms with E-state index in [-0.39, 0.29) is 16.3 Å². The van der Waals surface area contributed by atoms with Gasteiger partial charge in [0.2, 0.25) is 0 Å². The topological polar surface area (TPSA) is 55.4 Å². The maximum Gasteiger partial charge on any atom is 0.263 e. The Labute approximate surface area is 131 Å². The van der Waals surface area contributed by atoms with Crippen molar-refractivity contribution in [3.05, 3.63) is 52.8 Å². The SMILES string of the molecule is CCOc1cc(F)ccc1NS(=O)(=O)c1ccccc1Br. The zero-order chi connectivity index (χ0) is 15.5. The maximum atomic E-state index is 13.2. The molecule has 0 atom stereocenters. The van der Waals surface area contributed by atoms with Gasteiger partial charge in [-0.15, -0.1) is 0 Å². The molecule has 21 heavy (non-hydrogen) atoms. The first-order valence-electron chi connectivity index (χ1n) is 6.13. The number of sulfonamides is 1. The van der Waals surface area contributed by atoms with Crippen LogP contribution in [-0.2, 0) is 10.0 Å². The van der Waals surface area contributed by atoms with E-state index in [0.717, 1.165) is 6.07 Å². The first-order chi connectivity index (χ1) is 9.94. The molecular formula is C14H13BrFNO3S. The van der Waals surface area contributed by atoms with E-state index in [1.807, 2.05) is 0 Å². The molecule has 0 bridgehead atoms. The second kappa shape index (κ2) is 6.44. The van der Waals surface area contributed by atoms with Gasteiger partial charge in [0, 0.05) is 10.5 Å². The second-order valence-corrected chi connectivity index (χ2v) is 6.61. The van der Waals surface area contributed by atoms with Crippen LogP contribution in [0.25, 0.3) is 0 Å². The first kappa shape index (κ1) is 15.8. The Morgan fingerprint density at radius 3 is 2.62 bits per heavy atom. The van der Waals surface area contributed by atoms with Crippen LogP contribution >= 0.6 is 15.9 Å². The number of hydrogen-bond acceptors (Lipinski definition) is 3. The molecular weight excluding hydrogens is 361 g/mol. The Hall–Kier alpha value is -1.60. The highest BCUT2D eigenvalue weighted by molar-refractivity contribution is 9.10. The maximum absolute atomic E-state index is 13.2. The lowest BCUT2D eigenvalue weighted by atomic mass is 10.3. The fraction of sp³-hybridized carbons (Fsp3) is 0.143. The van der Waals surface area contributed by atoms with E-state index in [2.05, 4.69) is 20.7 Å². The van der Waals surface area contributed by atoms with Crippen molar-refractivity contribution in [3.8, 4) is 5.75 Å². The summed E-state index contributed by atoms with van der Waals surface area (Å²) in [5.74, 6) is -0.351. The van der Waals surface area contributed by atoms with Gasteiger partial charge in [0.1, 0.15) is 16.5 Å². The minimum atomic E-state index is -3.80. The third-order valence-electron chi connectivity index (χ3n) is 2.61. The van der Waals surface area contributed by atoms with Crippen LogP contribution in [0.15, 0.2) is 51.8 Å². The van der Waals surface area contributed by atoms with Crippen molar-refractivity contribution < 1.29 is 17.5 Å². The number of rotatable bonds is 5. The third-order valence-corrected chi connectivity index (χ3v) is 4.99. The number of anilines is 1. The predicted molar refractivity (Wildman–Crippen MR) is 82.5 cm³/mol. The average Bonchev–Trinajstić information content (AvgIpc) is 2.42. The van der Waals surface area contributed by atoms with Crippen LogP contribution in [-0.4, -0.2) is 15.0 Å². The molecule has 2 aromatic rings. The van der Waals surface area contributed by atoms with Crippen LogP contribution < -0.4 is 9.46 Å². The van der Waals surface area contributed by atoms with Crippen LogP contribution in [0.5, 0.6) is 5.75 Å². The van der Waals surface area contributed by atoms with Gasteiger partial charge in [-0.2, -0.15) is 0 Å². The van der Waals surface area contributed by atoms with Gasteiger partial charge in [-0.25, -0.2) is 12.8 Å². The van der Waals surface area contributed by atoms with Crippen molar-refractivity contribution in [2.45, 2.75) is 11.8 Å². The van der Waals surface area contributed by atoms with Crippen molar-refractivity contribution >= 4 is 31.6 Å². The summed E-state index contributed by atoms with van der Waals surface area (Å²) in [7, 11) is -3.80. The summed E-state index contributed by atoms with van der Waals surface area (Å²) in [5, 5.41) is 0. The quantitative estimate of drug-likeness (QED) is 0.867. The van der Waals surface area contributed by atoms with Crippen LogP contribution in [0.1, 0.15) is 6.92 Å². The van der Waals surface area contributed by atoms with Crippen molar-refractivity contribution in [1.82, 2.24) is 0 Å². The normalized spacial score (nSPS) is 11.2. The number of benzene rings is 2. The molecule has 0 aliphatic rings. The molecule has 1 N–H and O–H groups in total. The van der Waals surface area contributed by atoms with E-state index in [1.165, 1.54) is 18.2 Å². The number of nitrogens with one attached hydrogen (secondary N) is 1. The summed E-state index contributed by atoms with van der Waals surface area (Å²) in [4.78, 5) is 0.0942. The molecule has 0 saturated heterocycles. The van der Waals surface area contributed by atoms with Crippen LogP contribution in [0.3, 0.4) is 0 Å². The summed E-state index contributed by atoms with van der Waals surface area (Å²) in [6, 6.07) is 10.1. The van der Waals surface area contributed by atoms with E-state index in [1.54, 1.807) is 25.1 Å².